The van der Waals surface area contributed by atoms with E-state index in [-0.39, 0.29) is 23.6 Å². The van der Waals surface area contributed by atoms with Crippen LogP contribution in [0.25, 0.3) is 5.52 Å². The van der Waals surface area contributed by atoms with Crippen LogP contribution in [0, 0.1) is 6.92 Å². The summed E-state index contributed by atoms with van der Waals surface area (Å²) in [6, 6.07) is 10.2. The number of rotatable bonds is 4. The molecule has 3 rings (SSSR count). The number of fused-ring (bicyclic) bond motifs is 1. The van der Waals surface area contributed by atoms with Gasteiger partial charge in [0, 0.05) is 22.3 Å². The first kappa shape index (κ1) is 16.1. The van der Waals surface area contributed by atoms with Gasteiger partial charge in [-0.25, -0.2) is 0 Å². The van der Waals surface area contributed by atoms with Crippen molar-refractivity contribution < 1.29 is 14.7 Å². The summed E-state index contributed by atoms with van der Waals surface area (Å²) in [5.41, 5.74) is 9.01. The number of aryl methyl sites for hydroxylation is 1. The molecule has 0 saturated carbocycles. The molecule has 0 bridgehead atoms. The van der Waals surface area contributed by atoms with E-state index >= 15 is 0 Å². The monoisotopic (exact) mass is 342 g/mol. The number of carbonyl (C=O) groups excluding carboxylic acids is 1. The minimum Gasteiger partial charge on any atom is -0.481 e. The predicted octanol–water partition coefficient (Wildman–Crippen LogP) is 3.34. The summed E-state index contributed by atoms with van der Waals surface area (Å²) >= 11 is 5.96. The number of nitrogens with zero attached hydrogens (tertiary/aromatic N) is 1. The number of carboxylic acids is 1. The Labute approximate surface area is 143 Å². The van der Waals surface area contributed by atoms with Crippen LogP contribution in [0.5, 0.6) is 0 Å². The molecule has 3 aromatic rings. The van der Waals surface area contributed by atoms with Crippen molar-refractivity contribution in [2.75, 3.05) is 5.73 Å². The largest absolute Gasteiger partial charge is 0.481 e. The predicted molar refractivity (Wildman–Crippen MR) is 92.8 cm³/mol. The zero-order chi connectivity index (χ0) is 17.4. The summed E-state index contributed by atoms with van der Waals surface area (Å²) < 4.78 is 1.64. The first-order valence-electron chi connectivity index (χ1n) is 7.29. The number of anilines is 1. The lowest BCUT2D eigenvalue weighted by atomic mass is 10.1. The van der Waals surface area contributed by atoms with E-state index in [0.29, 0.717) is 21.7 Å². The smallest absolute Gasteiger partial charge is 0.307 e. The Hall–Kier alpha value is -2.79. The number of aliphatic carboxylic acids is 1. The van der Waals surface area contributed by atoms with Crippen LogP contribution < -0.4 is 5.73 Å². The summed E-state index contributed by atoms with van der Waals surface area (Å²) in [6.45, 7) is 1.90. The molecule has 2 aromatic heterocycles. The van der Waals surface area contributed by atoms with Crippen molar-refractivity contribution in [1.82, 2.24) is 4.40 Å². The molecule has 0 radical (unpaired) electrons. The number of pyridine rings is 1. The second-order valence-electron chi connectivity index (χ2n) is 5.61. The van der Waals surface area contributed by atoms with Gasteiger partial charge >= 0.3 is 5.97 Å². The fraction of sp³-hybridized carbons (Fsp3) is 0.111. The van der Waals surface area contributed by atoms with Crippen molar-refractivity contribution >= 4 is 34.6 Å². The lowest BCUT2D eigenvalue weighted by Crippen LogP contribution is -2.08. The van der Waals surface area contributed by atoms with Gasteiger partial charge in [-0.05, 0) is 36.8 Å². The maximum Gasteiger partial charge on any atom is 0.307 e. The van der Waals surface area contributed by atoms with E-state index in [2.05, 4.69) is 0 Å². The molecule has 0 aliphatic carbocycles. The number of nitrogen functional groups attached to an aromatic ring is 1. The number of carbonyl (C=O) groups is 2. The zero-order valence-corrected chi connectivity index (χ0v) is 13.7. The van der Waals surface area contributed by atoms with Crippen LogP contribution in [0.2, 0.25) is 5.02 Å². The summed E-state index contributed by atoms with van der Waals surface area (Å²) in [7, 11) is 0. The molecule has 0 atom stereocenters. The van der Waals surface area contributed by atoms with Crippen LogP contribution in [0.3, 0.4) is 0 Å². The van der Waals surface area contributed by atoms with Crippen molar-refractivity contribution in [3.8, 4) is 0 Å². The number of halogens is 1. The van der Waals surface area contributed by atoms with E-state index in [4.69, 9.17) is 22.4 Å². The normalized spacial score (nSPS) is 10.9. The summed E-state index contributed by atoms with van der Waals surface area (Å²) in [5.74, 6) is -1.30. The van der Waals surface area contributed by atoms with Gasteiger partial charge in [0.2, 0.25) is 5.78 Å². The highest BCUT2D eigenvalue weighted by molar-refractivity contribution is 6.31. The quantitative estimate of drug-likeness (QED) is 0.712. The van der Waals surface area contributed by atoms with Gasteiger partial charge in [0.25, 0.3) is 0 Å². The van der Waals surface area contributed by atoms with Gasteiger partial charge in [-0.2, -0.15) is 0 Å². The molecule has 122 valence electrons. The third-order valence-electron chi connectivity index (χ3n) is 3.87. The first-order valence-corrected chi connectivity index (χ1v) is 7.67. The van der Waals surface area contributed by atoms with Crippen LogP contribution in [-0.4, -0.2) is 21.3 Å². The molecule has 0 saturated heterocycles. The minimum absolute atomic E-state index is 0.188. The Balaban J connectivity index is 2.26. The van der Waals surface area contributed by atoms with Crippen molar-refractivity contribution in [3.63, 3.8) is 0 Å². The molecule has 3 N–H and O–H groups in total. The molecule has 5 nitrogen and oxygen atoms in total. The van der Waals surface area contributed by atoms with Gasteiger partial charge in [-0.1, -0.05) is 23.7 Å². The van der Waals surface area contributed by atoms with Gasteiger partial charge in [0.1, 0.15) is 5.69 Å². The number of nitrogens with two attached hydrogens (primary N) is 1. The average molecular weight is 343 g/mol. The summed E-state index contributed by atoms with van der Waals surface area (Å²) in [6.07, 6.45) is 1.48. The van der Waals surface area contributed by atoms with Crippen molar-refractivity contribution in [2.45, 2.75) is 13.3 Å². The molecule has 2 heterocycles. The highest BCUT2D eigenvalue weighted by Crippen LogP contribution is 2.30. The second kappa shape index (κ2) is 6.02. The number of ketones is 1. The molecule has 0 fully saturated rings. The van der Waals surface area contributed by atoms with Crippen LogP contribution >= 0.6 is 11.6 Å². The van der Waals surface area contributed by atoms with Crippen LogP contribution in [0.4, 0.5) is 5.69 Å². The molecule has 24 heavy (non-hydrogen) atoms. The lowest BCUT2D eigenvalue weighted by molar-refractivity contribution is -0.136. The molecule has 6 heteroatoms. The number of hydrogen-bond donors (Lipinski definition) is 2. The Morgan fingerprint density at radius 3 is 2.67 bits per heavy atom. The maximum atomic E-state index is 12.9. The Kier molecular flexibility index (Phi) is 4.03. The van der Waals surface area contributed by atoms with Gasteiger partial charge in [-0.15, -0.1) is 0 Å². The van der Waals surface area contributed by atoms with Gasteiger partial charge in [-0.3, -0.25) is 9.59 Å². The SMILES string of the molecule is Cc1ccn2c(C(=O)c3cccc(Cl)c3)c(N)c(CC(=O)O)c2c1. The molecular weight excluding hydrogens is 328 g/mol. The summed E-state index contributed by atoms with van der Waals surface area (Å²) in [4.78, 5) is 24.1. The number of aromatic nitrogens is 1. The third kappa shape index (κ3) is 2.74. The molecule has 0 spiro atoms. The molecule has 0 amide bonds. The third-order valence-corrected chi connectivity index (χ3v) is 4.11. The molecule has 0 aliphatic heterocycles. The number of hydrogen-bond acceptors (Lipinski definition) is 3. The van der Waals surface area contributed by atoms with E-state index in [0.717, 1.165) is 5.56 Å². The van der Waals surface area contributed by atoms with Gasteiger partial charge < -0.3 is 15.2 Å². The van der Waals surface area contributed by atoms with Crippen LogP contribution in [-0.2, 0) is 11.2 Å². The Bertz CT molecular complexity index is 976. The van der Waals surface area contributed by atoms with Crippen LogP contribution in [0.1, 0.15) is 27.2 Å². The zero-order valence-electron chi connectivity index (χ0n) is 12.9. The Morgan fingerprint density at radius 1 is 1.25 bits per heavy atom. The molecule has 1 aromatic carbocycles. The molecule has 0 aliphatic rings. The fourth-order valence-corrected chi connectivity index (χ4v) is 2.97. The standard InChI is InChI=1S/C18H15ClN2O3/c1-10-5-6-21-14(7-10)13(9-15(22)23)16(20)17(21)18(24)11-3-2-4-12(19)8-11/h2-8H,9,20H2,1H3,(H,22,23). The maximum absolute atomic E-state index is 12.9. The average Bonchev–Trinajstić information content (AvgIpc) is 2.78. The molecular formula is C18H15ClN2O3. The van der Waals surface area contributed by atoms with Crippen molar-refractivity contribution in [1.29, 1.82) is 0 Å². The van der Waals surface area contributed by atoms with Gasteiger partial charge in [0.05, 0.1) is 17.6 Å². The minimum atomic E-state index is -1.00. The van der Waals surface area contributed by atoms with Gasteiger partial charge in [0.15, 0.2) is 0 Å². The number of carboxylic acid groups (broad SMARTS) is 1. The lowest BCUT2D eigenvalue weighted by Gasteiger charge is -2.05. The van der Waals surface area contributed by atoms with E-state index in [9.17, 15) is 9.59 Å². The van der Waals surface area contributed by atoms with Crippen molar-refractivity contribution in [2.24, 2.45) is 0 Å². The summed E-state index contributed by atoms with van der Waals surface area (Å²) in [5, 5.41) is 9.60. The second-order valence-corrected chi connectivity index (χ2v) is 6.05. The fourth-order valence-electron chi connectivity index (χ4n) is 2.78. The van der Waals surface area contributed by atoms with E-state index < -0.39 is 5.97 Å². The Morgan fingerprint density at radius 2 is 2.00 bits per heavy atom. The van der Waals surface area contributed by atoms with Crippen LogP contribution in [0.15, 0.2) is 42.6 Å². The first-order chi connectivity index (χ1) is 11.4. The van der Waals surface area contributed by atoms with E-state index in [1.807, 2.05) is 19.1 Å². The number of benzene rings is 1. The topological polar surface area (TPSA) is 84.8 Å². The van der Waals surface area contributed by atoms with Crippen molar-refractivity contribution in [3.05, 3.63) is 70.0 Å². The van der Waals surface area contributed by atoms with E-state index in [1.165, 1.54) is 0 Å². The highest BCUT2D eigenvalue weighted by atomic mass is 35.5. The molecule has 0 unspecified atom stereocenters. The highest BCUT2D eigenvalue weighted by Gasteiger charge is 2.23. The van der Waals surface area contributed by atoms with E-state index in [1.54, 1.807) is 34.9 Å².